The van der Waals surface area contributed by atoms with E-state index in [2.05, 4.69) is 12.2 Å². The maximum atomic E-state index is 12.6. The predicted octanol–water partition coefficient (Wildman–Crippen LogP) is 4.51. The van der Waals surface area contributed by atoms with Crippen LogP contribution in [0.2, 0.25) is 5.02 Å². The van der Waals surface area contributed by atoms with Crippen LogP contribution in [0, 0.1) is 5.92 Å². The lowest BCUT2D eigenvalue weighted by Crippen LogP contribution is -2.28. The molecule has 1 atom stereocenters. The summed E-state index contributed by atoms with van der Waals surface area (Å²) < 4.78 is 5.62. The second-order valence-corrected chi connectivity index (χ2v) is 7.04. The van der Waals surface area contributed by atoms with Crippen molar-refractivity contribution in [2.45, 2.75) is 26.2 Å². The van der Waals surface area contributed by atoms with E-state index in [0.29, 0.717) is 23.9 Å². The molecule has 2 amide bonds. The average molecular weight is 387 g/mol. The van der Waals surface area contributed by atoms with E-state index in [1.165, 1.54) is 0 Å². The zero-order valence-electron chi connectivity index (χ0n) is 15.3. The number of amides is 2. The second kappa shape index (κ2) is 8.91. The van der Waals surface area contributed by atoms with Gasteiger partial charge in [0, 0.05) is 29.4 Å². The van der Waals surface area contributed by atoms with Crippen molar-refractivity contribution in [3.63, 3.8) is 0 Å². The van der Waals surface area contributed by atoms with Crippen molar-refractivity contribution in [1.82, 2.24) is 0 Å². The molecule has 0 bridgehead atoms. The van der Waals surface area contributed by atoms with Gasteiger partial charge in [-0.15, -0.1) is 0 Å². The third kappa shape index (κ3) is 5.01. The highest BCUT2D eigenvalue weighted by Gasteiger charge is 2.35. The lowest BCUT2D eigenvalue weighted by Gasteiger charge is -2.17. The molecule has 142 valence electrons. The summed E-state index contributed by atoms with van der Waals surface area (Å²) in [5.74, 6) is 0.159. The van der Waals surface area contributed by atoms with Crippen molar-refractivity contribution in [2.75, 3.05) is 23.4 Å². The Morgan fingerprint density at radius 3 is 2.74 bits per heavy atom. The highest BCUT2D eigenvalue weighted by molar-refractivity contribution is 6.31. The minimum Gasteiger partial charge on any atom is -0.494 e. The van der Waals surface area contributed by atoms with Crippen molar-refractivity contribution in [3.05, 3.63) is 53.6 Å². The Balaban J connectivity index is 1.58. The highest BCUT2D eigenvalue weighted by Crippen LogP contribution is 2.28. The smallest absolute Gasteiger partial charge is 0.229 e. The van der Waals surface area contributed by atoms with Gasteiger partial charge in [-0.1, -0.05) is 31.0 Å². The van der Waals surface area contributed by atoms with Gasteiger partial charge in [-0.05, 0) is 48.9 Å². The molecule has 1 saturated heterocycles. The fourth-order valence-electron chi connectivity index (χ4n) is 2.99. The van der Waals surface area contributed by atoms with Gasteiger partial charge in [0.25, 0.3) is 0 Å². The molecule has 1 fully saturated rings. The van der Waals surface area contributed by atoms with E-state index in [1.54, 1.807) is 23.1 Å². The van der Waals surface area contributed by atoms with Crippen LogP contribution in [0.25, 0.3) is 0 Å². The molecule has 1 aliphatic rings. The van der Waals surface area contributed by atoms with Crippen LogP contribution in [0.3, 0.4) is 0 Å². The summed E-state index contributed by atoms with van der Waals surface area (Å²) in [6, 6.07) is 14.4. The predicted molar refractivity (Wildman–Crippen MR) is 107 cm³/mol. The minimum absolute atomic E-state index is 0.0721. The molecular weight excluding hydrogens is 364 g/mol. The lowest BCUT2D eigenvalue weighted by atomic mass is 10.1. The molecule has 2 aromatic rings. The molecule has 0 saturated carbocycles. The summed E-state index contributed by atoms with van der Waals surface area (Å²) in [6.45, 7) is 3.15. The third-order valence-corrected chi connectivity index (χ3v) is 4.74. The van der Waals surface area contributed by atoms with Gasteiger partial charge in [0.15, 0.2) is 0 Å². The molecule has 0 radical (unpaired) electrons. The molecule has 0 unspecified atom stereocenters. The number of carbonyl (C=O) groups excluding carboxylic acids is 2. The summed E-state index contributed by atoms with van der Waals surface area (Å²) >= 11 is 6.00. The van der Waals surface area contributed by atoms with Gasteiger partial charge in [-0.3, -0.25) is 9.59 Å². The summed E-state index contributed by atoms with van der Waals surface area (Å²) in [6.07, 6.45) is 2.29. The summed E-state index contributed by atoms with van der Waals surface area (Å²) in [7, 11) is 0. The van der Waals surface area contributed by atoms with Crippen LogP contribution in [-0.4, -0.2) is 25.0 Å². The van der Waals surface area contributed by atoms with Crippen molar-refractivity contribution >= 4 is 34.8 Å². The van der Waals surface area contributed by atoms with Gasteiger partial charge in [-0.2, -0.15) is 0 Å². The monoisotopic (exact) mass is 386 g/mol. The standard InChI is InChI=1S/C21H23ClN2O3/c1-2-3-11-27-19-9-7-17(8-10-19)23-21(26)15-12-20(25)24(14-15)18-6-4-5-16(22)13-18/h4-10,13,15H,2-3,11-12,14H2,1H3,(H,23,26)/t15-/m0/s1. The normalized spacial score (nSPS) is 16.4. The molecular formula is C21H23ClN2O3. The molecule has 0 aromatic heterocycles. The second-order valence-electron chi connectivity index (χ2n) is 6.60. The first-order valence-electron chi connectivity index (χ1n) is 9.16. The summed E-state index contributed by atoms with van der Waals surface area (Å²) in [5.41, 5.74) is 1.41. The minimum atomic E-state index is -0.392. The number of benzene rings is 2. The quantitative estimate of drug-likeness (QED) is 0.712. The highest BCUT2D eigenvalue weighted by atomic mass is 35.5. The van der Waals surface area contributed by atoms with Crippen molar-refractivity contribution in [1.29, 1.82) is 0 Å². The van der Waals surface area contributed by atoms with Crippen LogP contribution in [0.15, 0.2) is 48.5 Å². The summed E-state index contributed by atoms with van der Waals surface area (Å²) in [5, 5.41) is 3.45. The van der Waals surface area contributed by atoms with Gasteiger partial charge >= 0.3 is 0 Å². The summed E-state index contributed by atoms with van der Waals surface area (Å²) in [4.78, 5) is 26.5. The van der Waals surface area contributed by atoms with E-state index in [-0.39, 0.29) is 18.2 Å². The molecule has 2 aromatic carbocycles. The number of halogens is 1. The first-order chi connectivity index (χ1) is 13.1. The van der Waals surface area contributed by atoms with E-state index in [0.717, 1.165) is 24.3 Å². The Kier molecular flexibility index (Phi) is 6.35. The number of anilines is 2. The molecule has 1 N–H and O–H groups in total. The van der Waals surface area contributed by atoms with Gasteiger partial charge in [0.1, 0.15) is 5.75 Å². The number of rotatable bonds is 7. The molecule has 6 heteroatoms. The fraction of sp³-hybridized carbons (Fsp3) is 0.333. The van der Waals surface area contributed by atoms with Crippen LogP contribution >= 0.6 is 11.6 Å². The Bertz CT molecular complexity index is 807. The topological polar surface area (TPSA) is 58.6 Å². The molecule has 1 heterocycles. The SMILES string of the molecule is CCCCOc1ccc(NC(=O)[C@H]2CC(=O)N(c3cccc(Cl)c3)C2)cc1. The maximum absolute atomic E-state index is 12.6. The zero-order valence-corrected chi connectivity index (χ0v) is 16.0. The molecule has 3 rings (SSSR count). The number of nitrogens with one attached hydrogen (secondary N) is 1. The van der Waals surface area contributed by atoms with Crippen LogP contribution in [-0.2, 0) is 9.59 Å². The number of hydrogen-bond acceptors (Lipinski definition) is 3. The Morgan fingerprint density at radius 1 is 1.26 bits per heavy atom. The lowest BCUT2D eigenvalue weighted by molar-refractivity contribution is -0.122. The Morgan fingerprint density at radius 2 is 2.04 bits per heavy atom. The van der Waals surface area contributed by atoms with Gasteiger partial charge in [-0.25, -0.2) is 0 Å². The third-order valence-electron chi connectivity index (χ3n) is 4.50. The average Bonchev–Trinajstić information content (AvgIpc) is 3.05. The Labute approximate surface area is 164 Å². The van der Waals surface area contributed by atoms with E-state index in [9.17, 15) is 9.59 Å². The molecule has 27 heavy (non-hydrogen) atoms. The first-order valence-corrected chi connectivity index (χ1v) is 9.54. The number of nitrogens with zero attached hydrogens (tertiary/aromatic N) is 1. The number of hydrogen-bond donors (Lipinski definition) is 1. The van der Waals surface area contributed by atoms with E-state index < -0.39 is 5.92 Å². The molecule has 1 aliphatic heterocycles. The van der Waals surface area contributed by atoms with E-state index >= 15 is 0 Å². The van der Waals surface area contributed by atoms with Crippen LogP contribution in [0.1, 0.15) is 26.2 Å². The van der Waals surface area contributed by atoms with Crippen LogP contribution in [0.5, 0.6) is 5.75 Å². The largest absolute Gasteiger partial charge is 0.494 e. The number of carbonyl (C=O) groups is 2. The molecule has 0 spiro atoms. The van der Waals surface area contributed by atoms with Crippen molar-refractivity contribution in [3.8, 4) is 5.75 Å². The van der Waals surface area contributed by atoms with Crippen LogP contribution in [0.4, 0.5) is 11.4 Å². The van der Waals surface area contributed by atoms with E-state index in [1.807, 2.05) is 30.3 Å². The molecule has 5 nitrogen and oxygen atoms in total. The van der Waals surface area contributed by atoms with E-state index in [4.69, 9.17) is 16.3 Å². The maximum Gasteiger partial charge on any atom is 0.229 e. The number of ether oxygens (including phenoxy) is 1. The van der Waals surface area contributed by atoms with Gasteiger partial charge in [0.2, 0.25) is 11.8 Å². The number of unbranched alkanes of at least 4 members (excludes halogenated alkanes) is 1. The molecule has 0 aliphatic carbocycles. The zero-order chi connectivity index (χ0) is 19.2. The fourth-order valence-corrected chi connectivity index (χ4v) is 3.17. The van der Waals surface area contributed by atoms with Gasteiger partial charge in [0.05, 0.1) is 12.5 Å². The van der Waals surface area contributed by atoms with Crippen molar-refractivity contribution in [2.24, 2.45) is 5.92 Å². The van der Waals surface area contributed by atoms with Gasteiger partial charge < -0.3 is 15.0 Å². The first kappa shape index (κ1) is 19.2. The van der Waals surface area contributed by atoms with Crippen molar-refractivity contribution < 1.29 is 14.3 Å². The van der Waals surface area contributed by atoms with Crippen LogP contribution < -0.4 is 15.0 Å². The Hall–Kier alpha value is -2.53.